The first-order valence-corrected chi connectivity index (χ1v) is 13.5. The van der Waals surface area contributed by atoms with Crippen LogP contribution in [0, 0.1) is 5.82 Å². The molecule has 0 spiro atoms. The van der Waals surface area contributed by atoms with Gasteiger partial charge >= 0.3 is 6.18 Å². The lowest BCUT2D eigenvalue weighted by molar-refractivity contribution is -0.137. The van der Waals surface area contributed by atoms with Gasteiger partial charge in [0.1, 0.15) is 16.3 Å². The molecule has 2 N–H and O–H groups in total. The van der Waals surface area contributed by atoms with E-state index in [0.29, 0.717) is 47.7 Å². The molecule has 2 atom stereocenters. The van der Waals surface area contributed by atoms with Crippen LogP contribution in [0.15, 0.2) is 35.0 Å². The highest BCUT2D eigenvalue weighted by Crippen LogP contribution is 2.40. The highest BCUT2D eigenvalue weighted by Gasteiger charge is 2.33. The van der Waals surface area contributed by atoms with Crippen LogP contribution in [0.5, 0.6) is 0 Å². The molecule has 1 saturated carbocycles. The van der Waals surface area contributed by atoms with E-state index in [1.165, 1.54) is 17.5 Å². The molecular weight excluding hydrogens is 520 g/mol. The van der Waals surface area contributed by atoms with Crippen LogP contribution in [-0.2, 0) is 10.9 Å². The summed E-state index contributed by atoms with van der Waals surface area (Å²) < 4.78 is 61.2. The highest BCUT2D eigenvalue weighted by atomic mass is 32.1. The number of rotatable bonds is 6. The third kappa shape index (κ3) is 4.98. The van der Waals surface area contributed by atoms with Gasteiger partial charge in [0.05, 0.1) is 23.4 Å². The molecule has 3 aromatic rings. The van der Waals surface area contributed by atoms with Crippen LogP contribution in [0.2, 0.25) is 0 Å². The number of halogens is 4. The first-order valence-electron chi connectivity index (χ1n) is 12.7. The summed E-state index contributed by atoms with van der Waals surface area (Å²) in [7, 11) is 0. The van der Waals surface area contributed by atoms with Crippen molar-refractivity contribution in [3.05, 3.63) is 47.2 Å². The standard InChI is InChI=1S/C26H26F4N6OS/c27-19-11-16(26(28,29)30)2-5-18(19)21-22-24(35-25(38-22)36-7-1-8-36)34-23(33-21)14-6-9-37-20(10-14)15(12-31)13-32-17-3-4-17/h2,5,11-14,17,20H,1,3-4,6-10,31H2/b15-12+,32-13?. The van der Waals surface area contributed by atoms with E-state index in [1.807, 2.05) is 0 Å². The van der Waals surface area contributed by atoms with Crippen molar-refractivity contribution in [2.45, 2.75) is 56.3 Å². The van der Waals surface area contributed by atoms with Gasteiger partial charge in [-0.2, -0.15) is 18.2 Å². The Labute approximate surface area is 220 Å². The van der Waals surface area contributed by atoms with E-state index in [1.54, 1.807) is 6.21 Å². The van der Waals surface area contributed by atoms with Crippen LogP contribution in [0.3, 0.4) is 0 Å². The van der Waals surface area contributed by atoms with Gasteiger partial charge in [0.15, 0.2) is 10.8 Å². The molecule has 0 radical (unpaired) electrons. The quantitative estimate of drug-likeness (QED) is 0.326. The largest absolute Gasteiger partial charge is 0.416 e. The van der Waals surface area contributed by atoms with E-state index in [9.17, 15) is 13.2 Å². The van der Waals surface area contributed by atoms with Crippen molar-refractivity contribution in [1.82, 2.24) is 15.0 Å². The van der Waals surface area contributed by atoms with Gasteiger partial charge in [-0.3, -0.25) is 4.99 Å². The highest BCUT2D eigenvalue weighted by molar-refractivity contribution is 7.22. The summed E-state index contributed by atoms with van der Waals surface area (Å²) >= 11 is 1.33. The minimum Gasteiger partial charge on any atom is -0.404 e. The Morgan fingerprint density at radius 3 is 2.63 bits per heavy atom. The maximum absolute atomic E-state index is 15.1. The Morgan fingerprint density at radius 2 is 1.97 bits per heavy atom. The van der Waals surface area contributed by atoms with Crippen LogP contribution in [0.1, 0.15) is 49.4 Å². The zero-order chi connectivity index (χ0) is 26.4. The van der Waals surface area contributed by atoms with Crippen LogP contribution >= 0.6 is 11.3 Å². The van der Waals surface area contributed by atoms with Crippen LogP contribution in [0.4, 0.5) is 22.7 Å². The molecule has 200 valence electrons. The van der Waals surface area contributed by atoms with Gasteiger partial charge in [0.25, 0.3) is 0 Å². The maximum atomic E-state index is 15.1. The summed E-state index contributed by atoms with van der Waals surface area (Å²) in [6, 6.07) is 2.89. The number of anilines is 1. The number of benzene rings is 1. The van der Waals surface area contributed by atoms with Gasteiger partial charge in [-0.1, -0.05) is 11.3 Å². The normalized spacial score (nSPS) is 22.8. The van der Waals surface area contributed by atoms with Crippen molar-refractivity contribution in [1.29, 1.82) is 0 Å². The van der Waals surface area contributed by atoms with Gasteiger partial charge < -0.3 is 15.4 Å². The van der Waals surface area contributed by atoms with Crippen molar-refractivity contribution in [2.75, 3.05) is 24.6 Å². The van der Waals surface area contributed by atoms with Crippen molar-refractivity contribution in [3.63, 3.8) is 0 Å². The van der Waals surface area contributed by atoms with Gasteiger partial charge in [0, 0.05) is 49.2 Å². The van der Waals surface area contributed by atoms with Crippen molar-refractivity contribution in [2.24, 2.45) is 10.7 Å². The SMILES string of the molecule is N/C=C(\C=NC1CC1)C1CC(c2nc(-c3ccc(C(F)(F)F)cc3F)c3sc(N4CCC4)nc3n2)CCO1. The molecule has 3 fully saturated rings. The number of aromatic nitrogens is 3. The number of thiazole rings is 1. The molecule has 0 bridgehead atoms. The molecule has 2 unspecified atom stereocenters. The molecule has 12 heteroatoms. The summed E-state index contributed by atoms with van der Waals surface area (Å²) in [5, 5.41) is 0.751. The second kappa shape index (κ2) is 9.88. The number of fused-ring (bicyclic) bond motifs is 1. The Kier molecular flexibility index (Phi) is 6.55. The first kappa shape index (κ1) is 25.2. The monoisotopic (exact) mass is 546 g/mol. The van der Waals surface area contributed by atoms with Gasteiger partial charge in [0.2, 0.25) is 0 Å². The maximum Gasteiger partial charge on any atom is 0.416 e. The van der Waals surface area contributed by atoms with E-state index in [4.69, 9.17) is 25.4 Å². The summed E-state index contributed by atoms with van der Waals surface area (Å²) in [6.45, 7) is 2.18. The third-order valence-corrected chi connectivity index (χ3v) is 8.24. The zero-order valence-corrected chi connectivity index (χ0v) is 21.2. The summed E-state index contributed by atoms with van der Waals surface area (Å²) in [5.74, 6) is -0.650. The predicted octanol–water partition coefficient (Wildman–Crippen LogP) is 5.46. The number of hydrogen-bond acceptors (Lipinski definition) is 8. The lowest BCUT2D eigenvalue weighted by Crippen LogP contribution is -2.36. The number of hydrogen-bond donors (Lipinski definition) is 1. The Morgan fingerprint density at radius 1 is 1.16 bits per heavy atom. The van der Waals surface area contributed by atoms with Crippen LogP contribution < -0.4 is 10.6 Å². The Bertz CT molecular complexity index is 1410. The lowest BCUT2D eigenvalue weighted by Gasteiger charge is -2.30. The summed E-state index contributed by atoms with van der Waals surface area (Å²) in [6.07, 6.45) is 2.73. The second-order valence-corrected chi connectivity index (χ2v) is 10.8. The van der Waals surface area contributed by atoms with E-state index in [0.717, 1.165) is 55.2 Å². The van der Waals surface area contributed by atoms with Crippen molar-refractivity contribution in [3.8, 4) is 11.3 Å². The van der Waals surface area contributed by atoms with Gasteiger partial charge in [-0.05, 0) is 50.3 Å². The van der Waals surface area contributed by atoms with Gasteiger partial charge in [-0.15, -0.1) is 0 Å². The Balaban J connectivity index is 1.39. The Hall–Kier alpha value is -3.12. The fourth-order valence-electron chi connectivity index (χ4n) is 4.63. The summed E-state index contributed by atoms with van der Waals surface area (Å²) in [4.78, 5) is 20.8. The molecule has 1 aliphatic carbocycles. The van der Waals surface area contributed by atoms with Crippen LogP contribution in [0.25, 0.3) is 21.6 Å². The number of aliphatic imine (C=N–C) groups is 1. The molecule has 2 aliphatic heterocycles. The lowest BCUT2D eigenvalue weighted by atomic mass is 9.91. The zero-order valence-electron chi connectivity index (χ0n) is 20.4. The summed E-state index contributed by atoms with van der Waals surface area (Å²) in [5.41, 5.74) is 6.29. The van der Waals surface area contributed by atoms with Gasteiger partial charge in [-0.25, -0.2) is 14.4 Å². The molecule has 7 nitrogen and oxygen atoms in total. The molecular formula is C26H26F4N6OS. The topological polar surface area (TPSA) is 89.5 Å². The average molecular weight is 547 g/mol. The fourth-order valence-corrected chi connectivity index (χ4v) is 5.69. The van der Waals surface area contributed by atoms with E-state index < -0.39 is 17.6 Å². The number of nitrogens with zero attached hydrogens (tertiary/aromatic N) is 5. The fraction of sp³-hybridized carbons (Fsp3) is 0.462. The van der Waals surface area contributed by atoms with Crippen molar-refractivity contribution < 1.29 is 22.3 Å². The molecule has 4 heterocycles. The smallest absolute Gasteiger partial charge is 0.404 e. The predicted molar refractivity (Wildman–Crippen MR) is 138 cm³/mol. The average Bonchev–Trinajstić information content (AvgIpc) is 3.59. The number of nitrogens with two attached hydrogens (primary N) is 1. The van der Waals surface area contributed by atoms with E-state index in [-0.39, 0.29) is 23.3 Å². The molecule has 2 aromatic heterocycles. The van der Waals surface area contributed by atoms with E-state index in [2.05, 4.69) is 9.89 Å². The van der Waals surface area contributed by atoms with Crippen LogP contribution in [-0.4, -0.2) is 53.0 Å². The van der Waals surface area contributed by atoms with Crippen molar-refractivity contribution >= 4 is 33.0 Å². The molecule has 1 aromatic carbocycles. The third-order valence-electron chi connectivity index (χ3n) is 7.13. The number of ether oxygens (including phenoxy) is 1. The minimum atomic E-state index is -4.64. The molecule has 3 aliphatic rings. The molecule has 6 rings (SSSR count). The molecule has 0 amide bonds. The second-order valence-electron chi connectivity index (χ2n) is 9.87. The van der Waals surface area contributed by atoms with E-state index >= 15 is 4.39 Å². The first-order chi connectivity index (χ1) is 18.3. The number of alkyl halides is 3. The molecule has 38 heavy (non-hydrogen) atoms. The molecule has 2 saturated heterocycles. The minimum absolute atomic E-state index is 0.00632.